The summed E-state index contributed by atoms with van der Waals surface area (Å²) in [7, 11) is 0. The second kappa shape index (κ2) is 6.46. The third kappa shape index (κ3) is 3.64. The van der Waals surface area contributed by atoms with Gasteiger partial charge in [-0.1, -0.05) is 30.9 Å². The first-order chi connectivity index (χ1) is 10.6. The Bertz CT molecular complexity index is 553. The van der Waals surface area contributed by atoms with Gasteiger partial charge in [-0.3, -0.25) is 4.79 Å². The van der Waals surface area contributed by atoms with Crippen LogP contribution in [0.25, 0.3) is 0 Å². The van der Waals surface area contributed by atoms with Crippen molar-refractivity contribution in [1.29, 1.82) is 0 Å². The first-order valence-corrected chi connectivity index (χ1v) is 8.08. The minimum Gasteiger partial charge on any atom is -0.476 e. The predicted molar refractivity (Wildman–Crippen MR) is 78.4 cm³/mol. The average Bonchev–Trinajstić information content (AvgIpc) is 3.20. The van der Waals surface area contributed by atoms with E-state index in [0.29, 0.717) is 6.42 Å². The van der Waals surface area contributed by atoms with Crippen molar-refractivity contribution in [2.45, 2.75) is 63.5 Å². The highest BCUT2D eigenvalue weighted by atomic mass is 16.4. The van der Waals surface area contributed by atoms with Gasteiger partial charge in [-0.15, -0.1) is 5.10 Å². The van der Waals surface area contributed by atoms with E-state index < -0.39 is 5.97 Å². The minimum atomic E-state index is -1.08. The number of carbonyl (C=O) groups excluding carboxylic acids is 1. The maximum absolute atomic E-state index is 12.1. The lowest BCUT2D eigenvalue weighted by molar-refractivity contribution is -0.122. The minimum absolute atomic E-state index is 0.000718. The molecule has 2 aliphatic rings. The summed E-state index contributed by atoms with van der Waals surface area (Å²) in [5, 5.41) is 19.7. The molecule has 2 N–H and O–H groups in total. The summed E-state index contributed by atoms with van der Waals surface area (Å²) in [4.78, 5) is 23.0. The fourth-order valence-corrected chi connectivity index (χ4v) is 3.15. The molecule has 0 spiro atoms. The number of hydrogen-bond donors (Lipinski definition) is 2. The Morgan fingerprint density at radius 2 is 2.05 bits per heavy atom. The molecule has 0 radical (unpaired) electrons. The van der Waals surface area contributed by atoms with Crippen LogP contribution in [-0.4, -0.2) is 38.0 Å². The summed E-state index contributed by atoms with van der Waals surface area (Å²) in [6.45, 7) is 0. The topological polar surface area (TPSA) is 97.1 Å². The Labute approximate surface area is 129 Å². The van der Waals surface area contributed by atoms with Crippen molar-refractivity contribution in [2.24, 2.45) is 5.92 Å². The SMILES string of the molecule is O=C(CCC1CC1)N[C@H]1CCCC[C@H]1n1cc(C(=O)O)nn1. The van der Waals surface area contributed by atoms with Crippen LogP contribution >= 0.6 is 0 Å². The second-order valence-electron chi connectivity index (χ2n) is 6.40. The zero-order chi connectivity index (χ0) is 15.5. The summed E-state index contributed by atoms with van der Waals surface area (Å²) in [6, 6.07) is 0.0167. The average molecular weight is 306 g/mol. The fourth-order valence-electron chi connectivity index (χ4n) is 3.15. The number of aromatic nitrogens is 3. The number of aromatic carboxylic acids is 1. The summed E-state index contributed by atoms with van der Waals surface area (Å²) in [5.74, 6) is -0.226. The summed E-state index contributed by atoms with van der Waals surface area (Å²) < 4.78 is 1.61. The summed E-state index contributed by atoms with van der Waals surface area (Å²) in [6.07, 6.45) is 9.47. The van der Waals surface area contributed by atoms with Crippen molar-refractivity contribution in [3.05, 3.63) is 11.9 Å². The van der Waals surface area contributed by atoms with E-state index in [-0.39, 0.29) is 23.7 Å². The number of carboxylic acid groups (broad SMARTS) is 1. The molecule has 7 nitrogen and oxygen atoms in total. The molecule has 1 amide bonds. The lowest BCUT2D eigenvalue weighted by atomic mass is 9.90. The molecule has 0 saturated heterocycles. The van der Waals surface area contributed by atoms with Crippen LogP contribution in [0.2, 0.25) is 0 Å². The van der Waals surface area contributed by atoms with Crippen LogP contribution in [0, 0.1) is 5.92 Å². The largest absolute Gasteiger partial charge is 0.476 e. The summed E-state index contributed by atoms with van der Waals surface area (Å²) >= 11 is 0. The van der Waals surface area contributed by atoms with Crippen molar-refractivity contribution >= 4 is 11.9 Å². The molecule has 0 aromatic carbocycles. The Morgan fingerprint density at radius 3 is 2.73 bits per heavy atom. The lowest BCUT2D eigenvalue weighted by Gasteiger charge is -2.32. The molecular weight excluding hydrogens is 284 g/mol. The van der Waals surface area contributed by atoms with E-state index in [9.17, 15) is 9.59 Å². The Balaban J connectivity index is 1.61. The normalized spacial score (nSPS) is 24.9. The number of hydrogen-bond acceptors (Lipinski definition) is 4. The van der Waals surface area contributed by atoms with Crippen LogP contribution in [0.5, 0.6) is 0 Å². The van der Waals surface area contributed by atoms with Gasteiger partial charge < -0.3 is 10.4 Å². The standard InChI is InChI=1S/C15H22N4O3/c20-14(8-7-10-5-6-10)16-11-3-1-2-4-13(11)19-9-12(15(21)22)17-18-19/h9-11,13H,1-8H2,(H,16,20)(H,21,22)/t11-,13+/m0/s1. The monoisotopic (exact) mass is 306 g/mol. The lowest BCUT2D eigenvalue weighted by Crippen LogP contribution is -2.43. The Morgan fingerprint density at radius 1 is 1.27 bits per heavy atom. The molecule has 1 aromatic rings. The number of carbonyl (C=O) groups is 2. The van der Waals surface area contributed by atoms with Crippen molar-refractivity contribution in [3.8, 4) is 0 Å². The van der Waals surface area contributed by atoms with E-state index in [1.54, 1.807) is 4.68 Å². The molecule has 2 atom stereocenters. The zero-order valence-corrected chi connectivity index (χ0v) is 12.6. The van der Waals surface area contributed by atoms with Crippen LogP contribution in [0.4, 0.5) is 0 Å². The smallest absolute Gasteiger partial charge is 0.358 e. The van der Waals surface area contributed by atoms with Gasteiger partial charge in [-0.05, 0) is 25.2 Å². The maximum Gasteiger partial charge on any atom is 0.358 e. The Kier molecular flexibility index (Phi) is 4.40. The van der Waals surface area contributed by atoms with Gasteiger partial charge in [0.2, 0.25) is 5.91 Å². The van der Waals surface area contributed by atoms with E-state index in [4.69, 9.17) is 5.11 Å². The molecule has 2 saturated carbocycles. The first kappa shape index (κ1) is 15.0. The molecule has 22 heavy (non-hydrogen) atoms. The third-order valence-electron chi connectivity index (χ3n) is 4.62. The van der Waals surface area contributed by atoms with Crippen molar-refractivity contribution in [3.63, 3.8) is 0 Å². The molecule has 2 aliphatic carbocycles. The van der Waals surface area contributed by atoms with Gasteiger partial charge in [0, 0.05) is 6.42 Å². The summed E-state index contributed by atoms with van der Waals surface area (Å²) in [5.41, 5.74) is -0.0515. The van der Waals surface area contributed by atoms with Crippen LogP contribution in [0.15, 0.2) is 6.20 Å². The molecule has 120 valence electrons. The second-order valence-corrected chi connectivity index (χ2v) is 6.40. The van der Waals surface area contributed by atoms with Gasteiger partial charge in [0.15, 0.2) is 5.69 Å². The molecule has 1 heterocycles. The molecule has 0 unspecified atom stereocenters. The molecule has 0 aliphatic heterocycles. The zero-order valence-electron chi connectivity index (χ0n) is 12.6. The molecule has 1 aromatic heterocycles. The number of nitrogens with zero attached hydrogens (tertiary/aromatic N) is 3. The molecule has 3 rings (SSSR count). The van der Waals surface area contributed by atoms with Gasteiger partial charge in [0.05, 0.1) is 18.3 Å². The Hall–Kier alpha value is -1.92. The van der Waals surface area contributed by atoms with Crippen LogP contribution in [0.3, 0.4) is 0 Å². The van der Waals surface area contributed by atoms with E-state index in [0.717, 1.165) is 38.0 Å². The van der Waals surface area contributed by atoms with E-state index in [1.807, 2.05) is 0 Å². The van der Waals surface area contributed by atoms with Gasteiger partial charge in [-0.2, -0.15) is 0 Å². The fraction of sp³-hybridized carbons (Fsp3) is 0.733. The van der Waals surface area contributed by atoms with E-state index in [1.165, 1.54) is 19.0 Å². The van der Waals surface area contributed by atoms with Crippen molar-refractivity contribution < 1.29 is 14.7 Å². The highest BCUT2D eigenvalue weighted by Crippen LogP contribution is 2.33. The number of amides is 1. The van der Waals surface area contributed by atoms with Gasteiger partial charge in [0.25, 0.3) is 0 Å². The molecule has 0 bridgehead atoms. The number of rotatable bonds is 6. The number of nitrogens with one attached hydrogen (secondary N) is 1. The maximum atomic E-state index is 12.1. The third-order valence-corrected chi connectivity index (χ3v) is 4.62. The van der Waals surface area contributed by atoms with Crippen LogP contribution in [-0.2, 0) is 4.79 Å². The van der Waals surface area contributed by atoms with Gasteiger partial charge in [0.1, 0.15) is 0 Å². The molecular formula is C15H22N4O3. The highest BCUT2D eigenvalue weighted by molar-refractivity contribution is 5.84. The van der Waals surface area contributed by atoms with Crippen molar-refractivity contribution in [2.75, 3.05) is 0 Å². The molecule has 2 fully saturated rings. The van der Waals surface area contributed by atoms with Crippen LogP contribution in [0.1, 0.15) is 67.9 Å². The molecule has 7 heteroatoms. The number of carboxylic acids is 1. The quantitative estimate of drug-likeness (QED) is 0.834. The highest BCUT2D eigenvalue weighted by Gasteiger charge is 2.30. The van der Waals surface area contributed by atoms with E-state index >= 15 is 0 Å². The van der Waals surface area contributed by atoms with E-state index in [2.05, 4.69) is 15.6 Å². The van der Waals surface area contributed by atoms with Gasteiger partial charge in [-0.25, -0.2) is 9.48 Å². The van der Waals surface area contributed by atoms with Gasteiger partial charge >= 0.3 is 5.97 Å². The first-order valence-electron chi connectivity index (χ1n) is 8.08. The predicted octanol–water partition coefficient (Wildman–Crippen LogP) is 1.77. The van der Waals surface area contributed by atoms with Crippen molar-refractivity contribution in [1.82, 2.24) is 20.3 Å². The van der Waals surface area contributed by atoms with Crippen LogP contribution < -0.4 is 5.32 Å².